The molecule has 142 valence electrons. The molecular weight excluding hydrogens is 359 g/mol. The first-order chi connectivity index (χ1) is 13.5. The number of benzene rings is 2. The van der Waals surface area contributed by atoms with Crippen LogP contribution in [-0.2, 0) is 17.9 Å². The van der Waals surface area contributed by atoms with Crippen molar-refractivity contribution in [1.82, 2.24) is 15.1 Å². The van der Waals surface area contributed by atoms with Gasteiger partial charge in [0.15, 0.2) is 0 Å². The highest BCUT2D eigenvalue weighted by atomic mass is 19.1. The largest absolute Gasteiger partial charge is 0.348 e. The lowest BCUT2D eigenvalue weighted by Gasteiger charge is -2.09. The third-order valence-corrected chi connectivity index (χ3v) is 4.05. The average molecular weight is 378 g/mol. The molecule has 0 saturated heterocycles. The van der Waals surface area contributed by atoms with Crippen molar-refractivity contribution >= 4 is 17.5 Å². The van der Waals surface area contributed by atoms with Crippen LogP contribution >= 0.6 is 0 Å². The normalized spacial score (nSPS) is 10.3. The molecule has 0 radical (unpaired) electrons. The van der Waals surface area contributed by atoms with E-state index in [9.17, 15) is 14.0 Å². The summed E-state index contributed by atoms with van der Waals surface area (Å²) in [5, 5.41) is 9.68. The molecule has 1 aromatic heterocycles. The van der Waals surface area contributed by atoms with Gasteiger partial charge in [0.05, 0.1) is 18.4 Å². The van der Waals surface area contributed by atoms with Crippen molar-refractivity contribution in [1.29, 1.82) is 0 Å². The summed E-state index contributed by atoms with van der Waals surface area (Å²) in [4.78, 5) is 24.0. The maximum Gasteiger partial charge on any atom is 0.256 e. The number of rotatable bonds is 7. The van der Waals surface area contributed by atoms with E-state index in [1.807, 2.05) is 0 Å². The molecule has 0 bridgehead atoms. The predicted octanol–water partition coefficient (Wildman–Crippen LogP) is 3.13. The zero-order chi connectivity index (χ0) is 19.9. The van der Waals surface area contributed by atoms with Crippen LogP contribution in [-0.4, -0.2) is 21.6 Å². The van der Waals surface area contributed by atoms with Gasteiger partial charge in [0.25, 0.3) is 5.91 Å². The number of anilines is 1. The van der Waals surface area contributed by atoms with Gasteiger partial charge in [-0.3, -0.25) is 14.3 Å². The zero-order valence-corrected chi connectivity index (χ0v) is 15.1. The van der Waals surface area contributed by atoms with Gasteiger partial charge in [0.1, 0.15) is 5.82 Å². The monoisotopic (exact) mass is 378 g/mol. The third kappa shape index (κ3) is 4.91. The Morgan fingerprint density at radius 2 is 1.89 bits per heavy atom. The maximum absolute atomic E-state index is 13.0. The zero-order valence-electron chi connectivity index (χ0n) is 15.1. The number of aromatic nitrogens is 2. The molecule has 0 spiro atoms. The molecule has 0 saturated carbocycles. The molecule has 2 N–H and O–H groups in total. The summed E-state index contributed by atoms with van der Waals surface area (Å²) in [6, 6.07) is 13.2. The van der Waals surface area contributed by atoms with Crippen LogP contribution in [0.25, 0.3) is 0 Å². The van der Waals surface area contributed by atoms with E-state index in [-0.39, 0.29) is 24.2 Å². The Balaban J connectivity index is 1.67. The van der Waals surface area contributed by atoms with Crippen molar-refractivity contribution < 1.29 is 14.0 Å². The van der Waals surface area contributed by atoms with Crippen LogP contribution in [0.4, 0.5) is 10.1 Å². The summed E-state index contributed by atoms with van der Waals surface area (Å²) in [6.45, 7) is 4.08. The Kier molecular flexibility index (Phi) is 5.96. The second-order valence-electron chi connectivity index (χ2n) is 6.09. The quantitative estimate of drug-likeness (QED) is 0.620. The van der Waals surface area contributed by atoms with Gasteiger partial charge in [-0.25, -0.2) is 4.39 Å². The molecule has 0 aliphatic carbocycles. The molecule has 7 heteroatoms. The van der Waals surface area contributed by atoms with Gasteiger partial charge in [-0.1, -0.05) is 36.9 Å². The Morgan fingerprint density at radius 3 is 2.64 bits per heavy atom. The van der Waals surface area contributed by atoms with Crippen molar-refractivity contribution in [2.24, 2.45) is 0 Å². The van der Waals surface area contributed by atoms with Crippen LogP contribution in [0.1, 0.15) is 21.5 Å². The summed E-state index contributed by atoms with van der Waals surface area (Å²) in [7, 11) is 0. The van der Waals surface area contributed by atoms with Gasteiger partial charge in [0, 0.05) is 18.3 Å². The lowest BCUT2D eigenvalue weighted by molar-refractivity contribution is -0.116. The van der Waals surface area contributed by atoms with Gasteiger partial charge < -0.3 is 10.6 Å². The Bertz CT molecular complexity index is 996. The smallest absolute Gasteiger partial charge is 0.256 e. The SMILES string of the molecule is C=CC(=O)NCc1ccccc1C(=O)Nc1cnn(Cc2ccc(F)cc2)c1. The second-order valence-corrected chi connectivity index (χ2v) is 6.09. The number of nitrogens with zero attached hydrogens (tertiary/aromatic N) is 2. The Labute approximate surface area is 161 Å². The lowest BCUT2D eigenvalue weighted by atomic mass is 10.1. The summed E-state index contributed by atoms with van der Waals surface area (Å²) in [5.41, 5.74) is 2.58. The number of halogens is 1. The lowest BCUT2D eigenvalue weighted by Crippen LogP contribution is -2.22. The van der Waals surface area contributed by atoms with Gasteiger partial charge in [-0.2, -0.15) is 5.10 Å². The van der Waals surface area contributed by atoms with Crippen LogP contribution in [0.15, 0.2) is 73.6 Å². The minimum atomic E-state index is -0.308. The van der Waals surface area contributed by atoms with Crippen molar-refractivity contribution in [3.05, 3.63) is 96.1 Å². The minimum Gasteiger partial charge on any atom is -0.348 e. The summed E-state index contributed by atoms with van der Waals surface area (Å²) in [6.07, 6.45) is 4.42. The first-order valence-electron chi connectivity index (χ1n) is 8.61. The number of hydrogen-bond acceptors (Lipinski definition) is 3. The summed E-state index contributed by atoms with van der Waals surface area (Å²) >= 11 is 0. The number of hydrogen-bond donors (Lipinski definition) is 2. The van der Waals surface area contributed by atoms with Crippen LogP contribution in [0.2, 0.25) is 0 Å². The highest BCUT2D eigenvalue weighted by molar-refractivity contribution is 6.05. The average Bonchev–Trinajstić information content (AvgIpc) is 3.14. The van der Waals surface area contributed by atoms with Crippen molar-refractivity contribution in [2.75, 3.05) is 5.32 Å². The second kappa shape index (κ2) is 8.77. The van der Waals surface area contributed by atoms with Crippen molar-refractivity contribution in [2.45, 2.75) is 13.1 Å². The Hall–Kier alpha value is -3.74. The van der Waals surface area contributed by atoms with Crippen LogP contribution in [0, 0.1) is 5.82 Å². The first kappa shape index (κ1) is 19.0. The topological polar surface area (TPSA) is 76.0 Å². The fraction of sp³-hybridized carbons (Fsp3) is 0.0952. The molecule has 28 heavy (non-hydrogen) atoms. The van der Waals surface area contributed by atoms with E-state index in [2.05, 4.69) is 22.3 Å². The molecule has 2 amide bonds. The standard InChI is InChI=1S/C21H19FN4O2/c1-2-20(27)23-11-16-5-3-4-6-19(16)21(28)25-18-12-24-26(14-18)13-15-7-9-17(22)10-8-15/h2-10,12,14H,1,11,13H2,(H,23,27)(H,25,28). The highest BCUT2D eigenvalue weighted by Crippen LogP contribution is 2.14. The molecule has 0 unspecified atom stereocenters. The molecule has 1 heterocycles. The number of carbonyl (C=O) groups is 2. The van der Waals surface area contributed by atoms with Gasteiger partial charge in [0.2, 0.25) is 5.91 Å². The maximum atomic E-state index is 13.0. The Morgan fingerprint density at radius 1 is 1.14 bits per heavy atom. The number of nitrogens with one attached hydrogen (secondary N) is 2. The van der Waals surface area contributed by atoms with Gasteiger partial charge in [-0.05, 0) is 35.4 Å². The number of carbonyl (C=O) groups excluding carboxylic acids is 2. The first-order valence-corrected chi connectivity index (χ1v) is 8.61. The summed E-state index contributed by atoms with van der Waals surface area (Å²) in [5.74, 6) is -0.901. The van der Waals surface area contributed by atoms with E-state index in [0.29, 0.717) is 23.4 Å². The molecule has 0 aliphatic rings. The molecule has 0 atom stereocenters. The third-order valence-electron chi connectivity index (χ3n) is 4.05. The molecule has 6 nitrogen and oxygen atoms in total. The van der Waals surface area contributed by atoms with Crippen LogP contribution in [0.3, 0.4) is 0 Å². The minimum absolute atomic E-state index is 0.221. The van der Waals surface area contributed by atoms with E-state index in [4.69, 9.17) is 0 Å². The van der Waals surface area contributed by atoms with E-state index < -0.39 is 0 Å². The molecule has 0 fully saturated rings. The fourth-order valence-electron chi connectivity index (χ4n) is 2.64. The van der Waals surface area contributed by atoms with Crippen LogP contribution in [0.5, 0.6) is 0 Å². The van der Waals surface area contributed by atoms with E-state index >= 15 is 0 Å². The number of amides is 2. The predicted molar refractivity (Wildman–Crippen MR) is 104 cm³/mol. The van der Waals surface area contributed by atoms with Crippen molar-refractivity contribution in [3.8, 4) is 0 Å². The molecule has 2 aromatic carbocycles. The van der Waals surface area contributed by atoms with E-state index in [1.165, 1.54) is 18.2 Å². The van der Waals surface area contributed by atoms with Crippen LogP contribution < -0.4 is 10.6 Å². The molecule has 3 rings (SSSR count). The fourth-order valence-corrected chi connectivity index (χ4v) is 2.64. The van der Waals surface area contributed by atoms with Gasteiger partial charge >= 0.3 is 0 Å². The van der Waals surface area contributed by atoms with Crippen molar-refractivity contribution in [3.63, 3.8) is 0 Å². The molecule has 3 aromatic rings. The molecule has 0 aliphatic heterocycles. The van der Waals surface area contributed by atoms with Gasteiger partial charge in [-0.15, -0.1) is 0 Å². The van der Waals surface area contributed by atoms with E-state index in [1.54, 1.807) is 53.5 Å². The van der Waals surface area contributed by atoms with E-state index in [0.717, 1.165) is 5.56 Å². The summed E-state index contributed by atoms with van der Waals surface area (Å²) < 4.78 is 14.6. The highest BCUT2D eigenvalue weighted by Gasteiger charge is 2.12. The molecular formula is C21H19FN4O2.